The van der Waals surface area contributed by atoms with E-state index >= 15 is 0 Å². The van der Waals surface area contributed by atoms with Crippen molar-refractivity contribution in [2.24, 2.45) is 0 Å². The lowest BCUT2D eigenvalue weighted by Gasteiger charge is -2.11. The van der Waals surface area contributed by atoms with E-state index < -0.39 is 10.0 Å². The molecule has 2 heterocycles. The molecule has 0 spiro atoms. The summed E-state index contributed by atoms with van der Waals surface area (Å²) in [5.74, 6) is 0.691. The predicted molar refractivity (Wildman–Crippen MR) is 112 cm³/mol. The lowest BCUT2D eigenvalue weighted by molar-refractivity contribution is 0.484. The number of pyridine rings is 1. The molecule has 4 rings (SSSR count). The summed E-state index contributed by atoms with van der Waals surface area (Å²) in [5, 5.41) is 1.24. The molecule has 0 radical (unpaired) electrons. The summed E-state index contributed by atoms with van der Waals surface area (Å²) in [5.41, 5.74) is 2.98. The number of furan rings is 1. The summed E-state index contributed by atoms with van der Waals surface area (Å²) in [4.78, 5) is 4.42. The number of nitrogens with one attached hydrogen (secondary N) is 1. The van der Waals surface area contributed by atoms with Crippen molar-refractivity contribution in [3.05, 3.63) is 84.1 Å². The number of benzene rings is 2. The molecule has 142 valence electrons. The minimum absolute atomic E-state index is 0.116. The predicted octanol–water partition coefficient (Wildman–Crippen LogP) is 5.23. The molecule has 0 bridgehead atoms. The monoisotopic (exact) mass is 410 g/mol. The van der Waals surface area contributed by atoms with E-state index in [1.54, 1.807) is 24.4 Å². The van der Waals surface area contributed by atoms with E-state index in [9.17, 15) is 8.42 Å². The Balaban J connectivity index is 1.61. The van der Waals surface area contributed by atoms with Crippen LogP contribution in [0.15, 0.2) is 87.5 Å². The summed E-state index contributed by atoms with van der Waals surface area (Å²) in [6, 6.07) is 20.5. The standard InChI is InChI=1S/C21H18N2O3S2/c1-15-11-18(21(22-13-15)27-14-16-7-3-2-4-8-16)23-28(24,25)20-12-17-9-5-6-10-19(17)26-20/h2-13,23H,14H2,1H3. The van der Waals surface area contributed by atoms with Crippen molar-refractivity contribution in [2.45, 2.75) is 22.8 Å². The first kappa shape index (κ1) is 18.6. The van der Waals surface area contributed by atoms with Gasteiger partial charge in [-0.05, 0) is 30.2 Å². The van der Waals surface area contributed by atoms with Crippen LogP contribution in [-0.2, 0) is 15.8 Å². The van der Waals surface area contributed by atoms with Gasteiger partial charge in [-0.3, -0.25) is 4.72 Å². The molecule has 0 atom stereocenters. The van der Waals surface area contributed by atoms with E-state index in [1.807, 2.05) is 49.4 Å². The maximum absolute atomic E-state index is 12.9. The number of hydrogen-bond donors (Lipinski definition) is 1. The number of para-hydroxylation sites is 1. The average Bonchev–Trinajstić information content (AvgIpc) is 3.13. The summed E-state index contributed by atoms with van der Waals surface area (Å²) >= 11 is 1.48. The third-order valence-electron chi connectivity index (χ3n) is 4.12. The van der Waals surface area contributed by atoms with Crippen LogP contribution in [0.4, 0.5) is 5.69 Å². The first-order valence-electron chi connectivity index (χ1n) is 8.66. The number of aromatic nitrogens is 1. The summed E-state index contributed by atoms with van der Waals surface area (Å²) in [6.45, 7) is 1.87. The molecule has 0 aliphatic rings. The molecule has 0 fully saturated rings. The minimum Gasteiger partial charge on any atom is -0.443 e. The van der Waals surface area contributed by atoms with Gasteiger partial charge in [0.25, 0.3) is 10.0 Å². The number of fused-ring (bicyclic) bond motifs is 1. The summed E-state index contributed by atoms with van der Waals surface area (Å²) < 4.78 is 33.9. The molecule has 0 unspecified atom stereocenters. The van der Waals surface area contributed by atoms with Gasteiger partial charge in [0.1, 0.15) is 10.6 Å². The molecule has 28 heavy (non-hydrogen) atoms. The van der Waals surface area contributed by atoms with Gasteiger partial charge in [0.15, 0.2) is 0 Å². The third-order valence-corrected chi connectivity index (χ3v) is 6.41. The topological polar surface area (TPSA) is 72.2 Å². The van der Waals surface area contributed by atoms with Gasteiger partial charge in [0, 0.05) is 23.4 Å². The van der Waals surface area contributed by atoms with Gasteiger partial charge in [0.2, 0.25) is 5.09 Å². The Morgan fingerprint density at radius 2 is 1.79 bits per heavy atom. The van der Waals surface area contributed by atoms with Gasteiger partial charge in [0.05, 0.1) is 5.69 Å². The van der Waals surface area contributed by atoms with Gasteiger partial charge < -0.3 is 4.42 Å². The van der Waals surface area contributed by atoms with Gasteiger partial charge in [-0.25, -0.2) is 4.98 Å². The van der Waals surface area contributed by atoms with Crippen LogP contribution >= 0.6 is 11.8 Å². The number of sulfonamides is 1. The van der Waals surface area contributed by atoms with E-state index in [0.717, 1.165) is 16.5 Å². The second kappa shape index (κ2) is 7.69. The van der Waals surface area contributed by atoms with E-state index in [0.29, 0.717) is 22.0 Å². The molecule has 0 aliphatic carbocycles. The van der Waals surface area contributed by atoms with Gasteiger partial charge in [-0.2, -0.15) is 8.42 Å². The molecule has 5 nitrogen and oxygen atoms in total. The number of anilines is 1. The van der Waals surface area contributed by atoms with Crippen LogP contribution in [0.3, 0.4) is 0 Å². The zero-order valence-corrected chi connectivity index (χ0v) is 16.8. The summed E-state index contributed by atoms with van der Waals surface area (Å²) in [6.07, 6.45) is 1.73. The van der Waals surface area contributed by atoms with Gasteiger partial charge in [-0.15, -0.1) is 0 Å². The Kier molecular flexibility index (Phi) is 5.11. The quantitative estimate of drug-likeness (QED) is 0.441. The summed E-state index contributed by atoms with van der Waals surface area (Å²) in [7, 11) is -3.87. The zero-order chi connectivity index (χ0) is 19.6. The Morgan fingerprint density at radius 3 is 2.57 bits per heavy atom. The van der Waals surface area contributed by atoms with Gasteiger partial charge >= 0.3 is 0 Å². The van der Waals surface area contributed by atoms with Crippen LogP contribution in [-0.4, -0.2) is 13.4 Å². The van der Waals surface area contributed by atoms with Crippen molar-refractivity contribution in [1.29, 1.82) is 0 Å². The SMILES string of the molecule is Cc1cnc(SCc2ccccc2)c(NS(=O)(=O)c2cc3ccccc3o2)c1. The molecule has 2 aromatic heterocycles. The fourth-order valence-electron chi connectivity index (χ4n) is 2.76. The number of thioether (sulfide) groups is 1. The minimum atomic E-state index is -3.87. The fraction of sp³-hybridized carbons (Fsp3) is 0.0952. The van der Waals surface area contributed by atoms with Crippen LogP contribution in [0.2, 0.25) is 0 Å². The highest BCUT2D eigenvalue weighted by Gasteiger charge is 2.21. The van der Waals surface area contributed by atoms with E-state index in [-0.39, 0.29) is 5.09 Å². The second-order valence-corrected chi connectivity index (χ2v) is 8.93. The highest BCUT2D eigenvalue weighted by atomic mass is 32.2. The molecule has 4 aromatic rings. The Bertz CT molecular complexity index is 1190. The maximum atomic E-state index is 12.9. The normalized spacial score (nSPS) is 11.6. The lowest BCUT2D eigenvalue weighted by atomic mass is 10.2. The lowest BCUT2D eigenvalue weighted by Crippen LogP contribution is -2.13. The second-order valence-electron chi connectivity index (χ2n) is 6.35. The molecule has 0 aliphatic heterocycles. The van der Waals surface area contributed by atoms with Gasteiger partial charge in [-0.1, -0.05) is 60.3 Å². The number of rotatable bonds is 6. The molecular weight excluding hydrogens is 392 g/mol. The Morgan fingerprint density at radius 1 is 1.04 bits per heavy atom. The Hall–Kier alpha value is -2.77. The molecule has 2 aromatic carbocycles. The van der Waals surface area contributed by atoms with Crippen LogP contribution in [0.1, 0.15) is 11.1 Å². The Labute approximate surface area is 167 Å². The smallest absolute Gasteiger partial charge is 0.295 e. The van der Waals surface area contributed by atoms with E-state index in [4.69, 9.17) is 4.42 Å². The maximum Gasteiger partial charge on any atom is 0.295 e. The largest absolute Gasteiger partial charge is 0.443 e. The average molecular weight is 411 g/mol. The van der Waals surface area contributed by atoms with Crippen molar-refractivity contribution in [3.63, 3.8) is 0 Å². The van der Waals surface area contributed by atoms with Crippen LogP contribution in [0.5, 0.6) is 0 Å². The zero-order valence-electron chi connectivity index (χ0n) is 15.1. The molecule has 0 saturated carbocycles. The van der Waals surface area contributed by atoms with E-state index in [2.05, 4.69) is 9.71 Å². The highest BCUT2D eigenvalue weighted by molar-refractivity contribution is 7.98. The number of nitrogens with zero attached hydrogens (tertiary/aromatic N) is 1. The van der Waals surface area contributed by atoms with Crippen LogP contribution in [0, 0.1) is 6.92 Å². The van der Waals surface area contributed by atoms with Crippen molar-refractivity contribution in [2.75, 3.05) is 4.72 Å². The van der Waals surface area contributed by atoms with Crippen LogP contribution in [0.25, 0.3) is 11.0 Å². The number of aryl methyl sites for hydroxylation is 1. The van der Waals surface area contributed by atoms with Crippen molar-refractivity contribution in [3.8, 4) is 0 Å². The van der Waals surface area contributed by atoms with Crippen molar-refractivity contribution in [1.82, 2.24) is 4.98 Å². The van der Waals surface area contributed by atoms with Crippen molar-refractivity contribution < 1.29 is 12.8 Å². The molecule has 0 amide bonds. The fourth-order valence-corrected chi connectivity index (χ4v) is 4.74. The van der Waals surface area contributed by atoms with Crippen molar-refractivity contribution >= 4 is 38.4 Å². The molecule has 7 heteroatoms. The molecule has 0 saturated heterocycles. The van der Waals surface area contributed by atoms with Crippen LogP contribution < -0.4 is 4.72 Å². The number of hydrogen-bond acceptors (Lipinski definition) is 5. The first-order chi connectivity index (χ1) is 13.5. The molecular formula is C21H18N2O3S2. The highest BCUT2D eigenvalue weighted by Crippen LogP contribution is 2.31. The van der Waals surface area contributed by atoms with E-state index in [1.165, 1.54) is 17.8 Å². The molecule has 1 N–H and O–H groups in total. The first-order valence-corrected chi connectivity index (χ1v) is 11.1. The third kappa shape index (κ3) is 4.05.